The van der Waals surface area contributed by atoms with Crippen LogP contribution in [-0.4, -0.2) is 9.97 Å². The van der Waals surface area contributed by atoms with Crippen molar-refractivity contribution in [3.8, 4) is 22.5 Å². The van der Waals surface area contributed by atoms with Gasteiger partial charge in [-0.3, -0.25) is 0 Å². The van der Waals surface area contributed by atoms with Crippen LogP contribution in [0.1, 0.15) is 12.8 Å². The number of rotatable bonds is 2. The van der Waals surface area contributed by atoms with Gasteiger partial charge >= 0.3 is 0 Å². The molecule has 1 aliphatic rings. The number of benzene rings is 6. The van der Waals surface area contributed by atoms with Gasteiger partial charge in [0.25, 0.3) is 0 Å². The van der Waals surface area contributed by atoms with Crippen molar-refractivity contribution in [2.24, 2.45) is 0 Å². The van der Waals surface area contributed by atoms with Gasteiger partial charge in [0, 0.05) is 18.0 Å². The highest BCUT2D eigenvalue weighted by atomic mass is 14.9. The van der Waals surface area contributed by atoms with Crippen LogP contribution in [-0.2, 0) is 0 Å². The fourth-order valence-corrected chi connectivity index (χ4v) is 6.31. The Labute approximate surface area is 220 Å². The minimum Gasteiger partial charge on any atom is -0.237 e. The van der Waals surface area contributed by atoms with Gasteiger partial charge in [-0.25, -0.2) is 9.97 Å². The summed E-state index contributed by atoms with van der Waals surface area (Å²) in [5.74, 6) is 0.785. The van der Waals surface area contributed by atoms with Gasteiger partial charge in [-0.05, 0) is 102 Å². The molecule has 178 valence electrons. The van der Waals surface area contributed by atoms with Crippen LogP contribution < -0.4 is 10.4 Å². The van der Waals surface area contributed by atoms with E-state index in [2.05, 4.69) is 113 Å². The normalized spacial score (nSPS) is 12.9. The Morgan fingerprint density at radius 3 is 1.71 bits per heavy atom. The first-order valence-corrected chi connectivity index (χ1v) is 13.2. The van der Waals surface area contributed by atoms with Crippen LogP contribution in [0.5, 0.6) is 0 Å². The minimum absolute atomic E-state index is 0.785. The van der Waals surface area contributed by atoms with Gasteiger partial charge in [-0.1, -0.05) is 84.9 Å². The van der Waals surface area contributed by atoms with Crippen molar-refractivity contribution in [1.82, 2.24) is 9.97 Å². The number of fused-ring (bicyclic) bond motifs is 6. The zero-order chi connectivity index (χ0) is 25.1. The molecule has 2 heteroatoms. The van der Waals surface area contributed by atoms with E-state index in [1.807, 2.05) is 18.5 Å². The molecule has 0 radical (unpaired) electrons. The Morgan fingerprint density at radius 1 is 0.447 bits per heavy atom. The molecule has 0 N–H and O–H groups in total. The van der Waals surface area contributed by atoms with E-state index in [4.69, 9.17) is 0 Å². The van der Waals surface area contributed by atoms with Gasteiger partial charge in [0.15, 0.2) is 5.82 Å². The number of aromatic nitrogens is 2. The first-order valence-electron chi connectivity index (χ1n) is 13.2. The Morgan fingerprint density at radius 2 is 1.00 bits per heavy atom. The molecule has 0 bridgehead atoms. The highest BCUT2D eigenvalue weighted by Gasteiger charge is 2.19. The maximum absolute atomic E-state index is 4.69. The van der Waals surface area contributed by atoms with E-state index in [0.717, 1.165) is 24.2 Å². The van der Waals surface area contributed by atoms with Gasteiger partial charge in [0.2, 0.25) is 0 Å². The first kappa shape index (κ1) is 21.3. The molecule has 0 saturated carbocycles. The average Bonchev–Trinajstić information content (AvgIpc) is 2.99. The van der Waals surface area contributed by atoms with Crippen LogP contribution in [0.25, 0.3) is 77.8 Å². The van der Waals surface area contributed by atoms with Crippen LogP contribution in [0.2, 0.25) is 0 Å². The first-order chi connectivity index (χ1) is 18.9. The van der Waals surface area contributed by atoms with E-state index < -0.39 is 0 Å². The predicted octanol–water partition coefficient (Wildman–Crippen LogP) is 7.78. The molecule has 38 heavy (non-hydrogen) atoms. The van der Waals surface area contributed by atoms with Gasteiger partial charge in [0.05, 0.1) is 0 Å². The summed E-state index contributed by atoms with van der Waals surface area (Å²) in [7, 11) is 0. The maximum Gasteiger partial charge on any atom is 0.160 e. The zero-order valence-electron chi connectivity index (χ0n) is 20.9. The van der Waals surface area contributed by atoms with E-state index >= 15 is 0 Å². The van der Waals surface area contributed by atoms with Crippen molar-refractivity contribution in [2.45, 2.75) is 12.8 Å². The number of hydrogen-bond donors (Lipinski definition) is 0. The van der Waals surface area contributed by atoms with Gasteiger partial charge in [0.1, 0.15) is 0 Å². The molecule has 0 atom stereocenters. The van der Waals surface area contributed by atoms with E-state index in [-0.39, 0.29) is 0 Å². The molecule has 2 nitrogen and oxygen atoms in total. The summed E-state index contributed by atoms with van der Waals surface area (Å²) in [5.41, 5.74) is 3.72. The Bertz CT molecular complexity index is 2180. The SMILES string of the molecule is C1=c2c(-c3ncccn3)c3ccccc3c(-c3cc4ccccc4c4cc5ccccc5cc34)c2=CCC1. The van der Waals surface area contributed by atoms with Crippen LogP contribution in [0.15, 0.2) is 109 Å². The topological polar surface area (TPSA) is 25.8 Å². The van der Waals surface area contributed by atoms with Crippen molar-refractivity contribution in [3.05, 3.63) is 120 Å². The maximum atomic E-state index is 4.69. The lowest BCUT2D eigenvalue weighted by molar-refractivity contribution is 1.11. The molecule has 1 aromatic heterocycles. The lowest BCUT2D eigenvalue weighted by atomic mass is 9.85. The fraction of sp³-hybridized carbons (Fsp3) is 0.0556. The van der Waals surface area contributed by atoms with Gasteiger partial charge in [-0.2, -0.15) is 0 Å². The summed E-state index contributed by atoms with van der Waals surface area (Å²) in [6.45, 7) is 0. The van der Waals surface area contributed by atoms with Crippen LogP contribution in [0.4, 0.5) is 0 Å². The van der Waals surface area contributed by atoms with Crippen molar-refractivity contribution >= 4 is 55.2 Å². The second kappa shape index (κ2) is 8.36. The van der Waals surface area contributed by atoms with E-state index in [0.29, 0.717) is 0 Å². The van der Waals surface area contributed by atoms with Crippen LogP contribution in [0, 0.1) is 0 Å². The summed E-state index contributed by atoms with van der Waals surface area (Å²) in [6.07, 6.45) is 10.5. The van der Waals surface area contributed by atoms with Crippen molar-refractivity contribution < 1.29 is 0 Å². The summed E-state index contributed by atoms with van der Waals surface area (Å²) >= 11 is 0. The number of nitrogens with zero attached hydrogens (tertiary/aromatic N) is 2. The molecule has 7 aromatic rings. The lowest BCUT2D eigenvalue weighted by Gasteiger charge is -2.19. The molecular weight excluding hydrogens is 460 g/mol. The van der Waals surface area contributed by atoms with Crippen LogP contribution >= 0.6 is 0 Å². The van der Waals surface area contributed by atoms with Crippen molar-refractivity contribution in [2.75, 3.05) is 0 Å². The zero-order valence-corrected chi connectivity index (χ0v) is 20.9. The average molecular weight is 485 g/mol. The van der Waals surface area contributed by atoms with Crippen LogP contribution in [0.3, 0.4) is 0 Å². The van der Waals surface area contributed by atoms with Gasteiger partial charge in [-0.15, -0.1) is 0 Å². The van der Waals surface area contributed by atoms with E-state index in [9.17, 15) is 0 Å². The fourth-order valence-electron chi connectivity index (χ4n) is 6.31. The molecular formula is C36H24N2. The lowest BCUT2D eigenvalue weighted by Crippen LogP contribution is -2.32. The minimum atomic E-state index is 0.785. The molecule has 0 fully saturated rings. The Balaban J connectivity index is 1.61. The monoisotopic (exact) mass is 484 g/mol. The quantitative estimate of drug-likeness (QED) is 0.185. The Hall–Kier alpha value is -4.82. The molecule has 0 saturated heterocycles. The van der Waals surface area contributed by atoms with E-state index in [1.165, 1.54) is 64.7 Å². The third kappa shape index (κ3) is 3.13. The second-order valence-corrected chi connectivity index (χ2v) is 10.1. The smallest absolute Gasteiger partial charge is 0.160 e. The molecule has 6 aromatic carbocycles. The second-order valence-electron chi connectivity index (χ2n) is 10.1. The van der Waals surface area contributed by atoms with E-state index in [1.54, 1.807) is 0 Å². The molecule has 0 spiro atoms. The summed E-state index contributed by atoms with van der Waals surface area (Å²) in [6, 6.07) is 35.3. The van der Waals surface area contributed by atoms with Crippen molar-refractivity contribution in [3.63, 3.8) is 0 Å². The predicted molar refractivity (Wildman–Crippen MR) is 160 cm³/mol. The molecule has 8 rings (SSSR count). The largest absolute Gasteiger partial charge is 0.237 e. The standard InChI is InChI=1S/C36H24N2/c1-2-11-24-21-32-31(20-23(24)10-1)26-13-4-3-12-25(26)22-33(32)34-27-14-5-7-16-29(27)35(36-37-18-9-19-38-36)30-17-8-6-15-28(30)34/h1-5,7,9-22H,6,8H2. The van der Waals surface area contributed by atoms with Crippen molar-refractivity contribution in [1.29, 1.82) is 0 Å². The summed E-state index contributed by atoms with van der Waals surface area (Å²) in [4.78, 5) is 9.38. The number of hydrogen-bond acceptors (Lipinski definition) is 2. The highest BCUT2D eigenvalue weighted by Crippen LogP contribution is 2.39. The molecule has 0 unspecified atom stereocenters. The summed E-state index contributed by atoms with van der Waals surface area (Å²) in [5, 5.41) is 12.7. The third-order valence-corrected chi connectivity index (χ3v) is 7.94. The summed E-state index contributed by atoms with van der Waals surface area (Å²) < 4.78 is 0. The highest BCUT2D eigenvalue weighted by molar-refractivity contribution is 6.20. The molecule has 0 amide bonds. The molecule has 0 aliphatic heterocycles. The van der Waals surface area contributed by atoms with Gasteiger partial charge < -0.3 is 0 Å². The molecule has 1 aliphatic carbocycles. The third-order valence-electron chi connectivity index (χ3n) is 7.94. The Kier molecular flexibility index (Phi) is 4.68. The molecule has 1 heterocycles.